The van der Waals surface area contributed by atoms with Crippen LogP contribution in [0.25, 0.3) is 11.1 Å². The number of benzene rings is 2. The molecule has 0 aliphatic carbocycles. The highest BCUT2D eigenvalue weighted by atomic mass is 79.9. The summed E-state index contributed by atoms with van der Waals surface area (Å²) >= 11 is 10.8. The maximum atomic E-state index is 12.3. The molecule has 1 aromatic heterocycles. The zero-order valence-corrected chi connectivity index (χ0v) is 17.1. The number of para-hydroxylation sites is 1. The summed E-state index contributed by atoms with van der Waals surface area (Å²) in [6.45, 7) is 0. The number of halogens is 2. The van der Waals surface area contributed by atoms with Gasteiger partial charge in [-0.3, -0.25) is 4.79 Å². The quantitative estimate of drug-likeness (QED) is 0.552. The van der Waals surface area contributed by atoms with Gasteiger partial charge in [-0.05, 0) is 35.9 Å². The van der Waals surface area contributed by atoms with Crippen LogP contribution >= 0.6 is 38.9 Å². The monoisotopic (exact) mass is 465 g/mol. The van der Waals surface area contributed by atoms with Crippen LogP contribution in [0, 0.1) is 0 Å². The van der Waals surface area contributed by atoms with Crippen molar-refractivity contribution in [3.8, 4) is 11.5 Å². The molecule has 0 aliphatic rings. The van der Waals surface area contributed by atoms with E-state index in [9.17, 15) is 9.90 Å². The molecule has 0 atom stereocenters. The van der Waals surface area contributed by atoms with E-state index in [4.69, 9.17) is 16.3 Å². The molecule has 0 radical (unpaired) electrons. The van der Waals surface area contributed by atoms with Crippen molar-refractivity contribution >= 4 is 61.6 Å². The van der Waals surface area contributed by atoms with Gasteiger partial charge in [-0.15, -0.1) is 10.2 Å². The molecule has 27 heavy (non-hydrogen) atoms. The number of nitrogens with zero attached hydrogens (tertiary/aromatic N) is 2. The summed E-state index contributed by atoms with van der Waals surface area (Å²) in [7, 11) is 1.46. The molecule has 2 aromatic carbocycles. The first-order valence-electron chi connectivity index (χ1n) is 7.62. The molecule has 3 rings (SSSR count). The number of phenols is 1. The van der Waals surface area contributed by atoms with Gasteiger partial charge < -0.3 is 15.2 Å². The van der Waals surface area contributed by atoms with Gasteiger partial charge in [0.2, 0.25) is 5.01 Å². The zero-order chi connectivity index (χ0) is 19.4. The van der Waals surface area contributed by atoms with Crippen LogP contribution in [0.2, 0.25) is 0 Å². The predicted octanol–water partition coefficient (Wildman–Crippen LogP) is 5.00. The van der Waals surface area contributed by atoms with Crippen molar-refractivity contribution in [1.82, 2.24) is 10.2 Å². The van der Waals surface area contributed by atoms with Gasteiger partial charge in [0.25, 0.3) is 5.91 Å². The number of amides is 1. The fourth-order valence-electron chi connectivity index (χ4n) is 2.15. The second kappa shape index (κ2) is 8.51. The van der Waals surface area contributed by atoms with Gasteiger partial charge >= 0.3 is 0 Å². The van der Waals surface area contributed by atoms with Crippen molar-refractivity contribution in [3.05, 3.63) is 62.5 Å². The van der Waals surface area contributed by atoms with Crippen molar-refractivity contribution < 1.29 is 14.6 Å². The second-order valence-electron chi connectivity index (χ2n) is 5.27. The summed E-state index contributed by atoms with van der Waals surface area (Å²) < 4.78 is 5.73. The third kappa shape index (κ3) is 4.65. The fourth-order valence-corrected chi connectivity index (χ4v) is 3.51. The SMILES string of the molecule is COc1cc(C=C(Cl)c2nnc(C(=O)Nc3ccccc3)s2)c(Br)cc1O. The summed E-state index contributed by atoms with van der Waals surface area (Å²) in [5.41, 5.74) is 1.35. The fraction of sp³-hybridized carbons (Fsp3) is 0.0556. The predicted molar refractivity (Wildman–Crippen MR) is 110 cm³/mol. The lowest BCUT2D eigenvalue weighted by Gasteiger charge is -2.06. The van der Waals surface area contributed by atoms with Crippen molar-refractivity contribution in [2.45, 2.75) is 0 Å². The molecule has 6 nitrogen and oxygen atoms in total. The average molecular weight is 467 g/mol. The number of aromatic nitrogens is 2. The van der Waals surface area contributed by atoms with E-state index in [1.54, 1.807) is 24.3 Å². The van der Waals surface area contributed by atoms with Crippen LogP contribution < -0.4 is 10.1 Å². The molecule has 0 spiro atoms. The number of rotatable bonds is 5. The highest BCUT2D eigenvalue weighted by molar-refractivity contribution is 9.10. The third-order valence-corrected chi connectivity index (χ3v) is 5.48. The number of hydrogen-bond donors (Lipinski definition) is 2. The van der Waals surface area contributed by atoms with E-state index in [-0.39, 0.29) is 16.7 Å². The Kier molecular flexibility index (Phi) is 6.10. The van der Waals surface area contributed by atoms with Crippen LogP contribution in [0.1, 0.15) is 20.4 Å². The Labute approximate surface area is 172 Å². The van der Waals surface area contributed by atoms with Crippen molar-refractivity contribution in [2.75, 3.05) is 12.4 Å². The smallest absolute Gasteiger partial charge is 0.286 e. The summed E-state index contributed by atoms with van der Waals surface area (Å²) in [6.07, 6.45) is 1.65. The molecule has 0 bridgehead atoms. The molecule has 1 heterocycles. The Hall–Kier alpha value is -2.42. The van der Waals surface area contributed by atoms with Gasteiger partial charge in [-0.1, -0.05) is 57.1 Å². The number of nitrogens with one attached hydrogen (secondary N) is 1. The largest absolute Gasteiger partial charge is 0.504 e. The molecule has 138 valence electrons. The van der Waals surface area contributed by atoms with Gasteiger partial charge in [0.05, 0.1) is 12.1 Å². The number of aromatic hydroxyl groups is 1. The molecule has 0 saturated carbocycles. The normalized spacial score (nSPS) is 11.3. The molecule has 0 fully saturated rings. The molecule has 9 heteroatoms. The Balaban J connectivity index is 1.81. The van der Waals surface area contributed by atoms with E-state index < -0.39 is 0 Å². The van der Waals surface area contributed by atoms with Crippen LogP contribution in [0.4, 0.5) is 5.69 Å². The molecular formula is C18H13BrClN3O3S. The van der Waals surface area contributed by atoms with Crippen molar-refractivity contribution in [2.24, 2.45) is 0 Å². The molecule has 3 aromatic rings. The molecule has 1 amide bonds. The standard InChI is InChI=1S/C18H13BrClN3O3S/c1-26-15-8-10(12(19)9-14(15)24)7-13(20)17-22-23-18(27-17)16(25)21-11-5-3-2-4-6-11/h2-9,24H,1H3,(H,21,25). The Morgan fingerprint density at radius 1 is 1.26 bits per heavy atom. The summed E-state index contributed by atoms with van der Waals surface area (Å²) in [4.78, 5) is 12.3. The second-order valence-corrected chi connectivity index (χ2v) is 7.51. The number of carbonyl (C=O) groups excluding carboxylic acids is 1. The maximum Gasteiger partial charge on any atom is 0.286 e. The first-order chi connectivity index (χ1) is 13.0. The first-order valence-corrected chi connectivity index (χ1v) is 9.60. The topological polar surface area (TPSA) is 84.3 Å². The van der Waals surface area contributed by atoms with Gasteiger partial charge in [0, 0.05) is 10.2 Å². The number of phenolic OH excluding ortho intramolecular Hbond substituents is 1. The minimum atomic E-state index is -0.359. The number of carbonyl (C=O) groups is 1. The van der Waals surface area contributed by atoms with E-state index in [0.29, 0.717) is 31.5 Å². The van der Waals surface area contributed by atoms with Gasteiger partial charge in [-0.2, -0.15) is 0 Å². The molecule has 0 unspecified atom stereocenters. The van der Waals surface area contributed by atoms with Crippen LogP contribution in [0.3, 0.4) is 0 Å². The number of hydrogen-bond acceptors (Lipinski definition) is 6. The Morgan fingerprint density at radius 2 is 1.96 bits per heavy atom. The molecule has 2 N–H and O–H groups in total. The van der Waals surface area contributed by atoms with E-state index in [1.807, 2.05) is 18.2 Å². The highest BCUT2D eigenvalue weighted by Gasteiger charge is 2.15. The lowest BCUT2D eigenvalue weighted by atomic mass is 10.2. The number of ether oxygens (including phenoxy) is 1. The van der Waals surface area contributed by atoms with Crippen LogP contribution in [0.15, 0.2) is 46.9 Å². The summed E-state index contributed by atoms with van der Waals surface area (Å²) in [5, 5.41) is 21.3. The average Bonchev–Trinajstić information content (AvgIpc) is 3.15. The van der Waals surface area contributed by atoms with E-state index in [1.165, 1.54) is 13.2 Å². The Bertz CT molecular complexity index is 1010. The molecular weight excluding hydrogens is 454 g/mol. The zero-order valence-electron chi connectivity index (χ0n) is 13.9. The van der Waals surface area contributed by atoms with Gasteiger partial charge in [0.1, 0.15) is 0 Å². The van der Waals surface area contributed by atoms with Crippen molar-refractivity contribution in [3.63, 3.8) is 0 Å². The van der Waals surface area contributed by atoms with Crippen LogP contribution in [-0.4, -0.2) is 28.3 Å². The Morgan fingerprint density at radius 3 is 2.67 bits per heavy atom. The van der Waals surface area contributed by atoms with Gasteiger partial charge in [-0.25, -0.2) is 0 Å². The lowest BCUT2D eigenvalue weighted by Crippen LogP contribution is -2.11. The van der Waals surface area contributed by atoms with E-state index >= 15 is 0 Å². The van der Waals surface area contributed by atoms with Crippen LogP contribution in [0.5, 0.6) is 11.5 Å². The van der Waals surface area contributed by atoms with Crippen LogP contribution in [-0.2, 0) is 0 Å². The van der Waals surface area contributed by atoms with Crippen molar-refractivity contribution in [1.29, 1.82) is 0 Å². The number of anilines is 1. The minimum absolute atomic E-state index is 0.00781. The maximum absolute atomic E-state index is 12.3. The summed E-state index contributed by atoms with van der Waals surface area (Å²) in [6, 6.07) is 12.2. The summed E-state index contributed by atoms with van der Waals surface area (Å²) in [5.74, 6) is -0.0376. The third-order valence-electron chi connectivity index (χ3n) is 3.44. The molecule has 0 aliphatic heterocycles. The first kappa shape index (κ1) is 19.3. The number of methoxy groups -OCH3 is 1. The minimum Gasteiger partial charge on any atom is -0.504 e. The lowest BCUT2D eigenvalue weighted by molar-refractivity contribution is 0.102. The van der Waals surface area contributed by atoms with E-state index in [2.05, 4.69) is 31.4 Å². The van der Waals surface area contributed by atoms with E-state index in [0.717, 1.165) is 11.3 Å². The molecule has 0 saturated heterocycles. The van der Waals surface area contributed by atoms with Gasteiger partial charge in [0.15, 0.2) is 16.5 Å². The highest BCUT2D eigenvalue weighted by Crippen LogP contribution is 2.35.